The van der Waals surface area contributed by atoms with Crippen LogP contribution in [-0.2, 0) is 0 Å². The van der Waals surface area contributed by atoms with Crippen LogP contribution < -0.4 is 0 Å². The van der Waals surface area contributed by atoms with Crippen molar-refractivity contribution in [2.24, 2.45) is 23.7 Å². The number of hydrogen-bond acceptors (Lipinski definition) is 2. The summed E-state index contributed by atoms with van der Waals surface area (Å²) in [7, 11) is 0. The third kappa shape index (κ3) is 1.10. The second kappa shape index (κ2) is 3.19. The zero-order chi connectivity index (χ0) is 8.55. The van der Waals surface area contributed by atoms with E-state index in [0.29, 0.717) is 23.7 Å². The lowest BCUT2D eigenvalue weighted by atomic mass is 9.82. The molecule has 68 valence electrons. The van der Waals surface area contributed by atoms with E-state index in [1.54, 1.807) is 0 Å². The van der Waals surface area contributed by atoms with E-state index in [2.05, 4.69) is 12.2 Å². The molecule has 0 amide bonds. The molecule has 2 aliphatic rings. The average molecular weight is 168 g/mol. The lowest BCUT2D eigenvalue weighted by Crippen LogP contribution is -2.23. The topological polar surface area (TPSA) is 40.5 Å². The van der Waals surface area contributed by atoms with Crippen molar-refractivity contribution in [3.05, 3.63) is 12.2 Å². The van der Waals surface area contributed by atoms with Gasteiger partial charge >= 0.3 is 0 Å². The molecule has 2 rings (SSSR count). The molecule has 0 aromatic heterocycles. The number of fused-ring (bicyclic) bond motifs is 2. The fourth-order valence-electron chi connectivity index (χ4n) is 2.87. The Balaban J connectivity index is 2.07. The van der Waals surface area contributed by atoms with Crippen LogP contribution in [0.5, 0.6) is 0 Å². The van der Waals surface area contributed by atoms with Crippen molar-refractivity contribution in [1.29, 1.82) is 0 Å². The number of rotatable bonds is 3. The minimum Gasteiger partial charge on any atom is -0.396 e. The van der Waals surface area contributed by atoms with Crippen LogP contribution in [0.25, 0.3) is 0 Å². The maximum atomic E-state index is 9.17. The smallest absolute Gasteiger partial charge is 0.0467 e. The molecule has 4 unspecified atom stereocenters. The fraction of sp³-hybridized carbons (Fsp3) is 0.800. The molecule has 0 heterocycles. The molecule has 2 heteroatoms. The van der Waals surface area contributed by atoms with Gasteiger partial charge in [0, 0.05) is 13.2 Å². The van der Waals surface area contributed by atoms with Crippen molar-refractivity contribution in [2.75, 3.05) is 13.2 Å². The van der Waals surface area contributed by atoms with Gasteiger partial charge in [-0.25, -0.2) is 0 Å². The summed E-state index contributed by atoms with van der Waals surface area (Å²) < 4.78 is 0. The molecule has 4 atom stereocenters. The van der Waals surface area contributed by atoms with Gasteiger partial charge in [0.25, 0.3) is 0 Å². The van der Waals surface area contributed by atoms with E-state index in [0.717, 1.165) is 6.42 Å². The number of aliphatic hydroxyl groups is 2. The molecule has 0 aromatic carbocycles. The summed E-state index contributed by atoms with van der Waals surface area (Å²) >= 11 is 0. The van der Waals surface area contributed by atoms with Crippen molar-refractivity contribution in [3.8, 4) is 0 Å². The van der Waals surface area contributed by atoms with Crippen LogP contribution in [0.4, 0.5) is 0 Å². The molecule has 2 nitrogen and oxygen atoms in total. The molecule has 1 fully saturated rings. The standard InChI is InChI=1S/C10H16O2/c11-4-3-9-7-1-2-8(5-7)10(9)6-12/h1-2,7-12H,3-6H2. The molecule has 2 aliphatic carbocycles. The predicted molar refractivity (Wildman–Crippen MR) is 46.5 cm³/mol. The van der Waals surface area contributed by atoms with Crippen LogP contribution >= 0.6 is 0 Å². The van der Waals surface area contributed by atoms with Crippen LogP contribution in [0, 0.1) is 23.7 Å². The maximum absolute atomic E-state index is 9.17. The van der Waals surface area contributed by atoms with Crippen LogP contribution in [-0.4, -0.2) is 23.4 Å². The Labute approximate surface area is 72.9 Å². The first-order valence-corrected chi connectivity index (χ1v) is 4.77. The van der Waals surface area contributed by atoms with Gasteiger partial charge in [-0.3, -0.25) is 0 Å². The minimum absolute atomic E-state index is 0.262. The van der Waals surface area contributed by atoms with Gasteiger partial charge in [-0.2, -0.15) is 0 Å². The van der Waals surface area contributed by atoms with Gasteiger partial charge in [0.2, 0.25) is 0 Å². The normalized spacial score (nSPS) is 44.2. The van der Waals surface area contributed by atoms with E-state index in [4.69, 9.17) is 10.2 Å². The van der Waals surface area contributed by atoms with Crippen LogP contribution in [0.15, 0.2) is 12.2 Å². The SMILES string of the molecule is OCCC1C2C=CC(C2)C1CO. The molecule has 12 heavy (non-hydrogen) atoms. The maximum Gasteiger partial charge on any atom is 0.0467 e. The molecule has 0 aromatic rings. The van der Waals surface area contributed by atoms with Crippen LogP contribution in [0.3, 0.4) is 0 Å². The Morgan fingerprint density at radius 2 is 1.75 bits per heavy atom. The molecule has 1 saturated carbocycles. The molecule has 0 aliphatic heterocycles. The Bertz CT molecular complexity index is 188. The van der Waals surface area contributed by atoms with Gasteiger partial charge in [0.15, 0.2) is 0 Å². The fourth-order valence-corrected chi connectivity index (χ4v) is 2.87. The Hall–Kier alpha value is -0.340. The van der Waals surface area contributed by atoms with E-state index in [9.17, 15) is 0 Å². The monoisotopic (exact) mass is 168 g/mol. The van der Waals surface area contributed by atoms with Crippen molar-refractivity contribution in [3.63, 3.8) is 0 Å². The first-order chi connectivity index (χ1) is 5.86. The predicted octanol–water partition coefficient (Wildman–Crippen LogP) is 0.799. The highest BCUT2D eigenvalue weighted by atomic mass is 16.3. The molecule has 0 radical (unpaired) electrons. The lowest BCUT2D eigenvalue weighted by molar-refractivity contribution is 0.140. The third-order valence-electron chi connectivity index (χ3n) is 3.47. The first-order valence-electron chi connectivity index (χ1n) is 4.77. The van der Waals surface area contributed by atoms with Crippen molar-refractivity contribution >= 4 is 0 Å². The molecule has 2 bridgehead atoms. The summed E-state index contributed by atoms with van der Waals surface area (Å²) in [6, 6.07) is 0. The molecule has 0 spiro atoms. The largest absolute Gasteiger partial charge is 0.396 e. The summed E-state index contributed by atoms with van der Waals surface area (Å²) in [6.45, 7) is 0.550. The number of allylic oxidation sites excluding steroid dienone is 2. The molecular formula is C10H16O2. The van der Waals surface area contributed by atoms with E-state index >= 15 is 0 Å². The van der Waals surface area contributed by atoms with E-state index < -0.39 is 0 Å². The van der Waals surface area contributed by atoms with Crippen molar-refractivity contribution < 1.29 is 10.2 Å². The Kier molecular flexibility index (Phi) is 2.20. The second-order valence-electron chi connectivity index (χ2n) is 3.97. The highest BCUT2D eigenvalue weighted by molar-refractivity contribution is 5.13. The second-order valence-corrected chi connectivity index (χ2v) is 3.97. The minimum atomic E-state index is 0.262. The quantitative estimate of drug-likeness (QED) is 0.612. The highest BCUT2D eigenvalue weighted by Gasteiger charge is 2.43. The van der Waals surface area contributed by atoms with Gasteiger partial charge in [0.1, 0.15) is 0 Å². The number of hydrogen-bond donors (Lipinski definition) is 2. The summed E-state index contributed by atoms with van der Waals surface area (Å²) in [5.41, 5.74) is 0. The lowest BCUT2D eigenvalue weighted by Gasteiger charge is -2.25. The third-order valence-corrected chi connectivity index (χ3v) is 3.47. The Morgan fingerprint density at radius 1 is 1.08 bits per heavy atom. The van der Waals surface area contributed by atoms with Gasteiger partial charge in [0.05, 0.1) is 0 Å². The summed E-state index contributed by atoms with van der Waals surface area (Å²) in [5.74, 6) is 2.19. The molecule has 0 saturated heterocycles. The van der Waals surface area contributed by atoms with Crippen molar-refractivity contribution in [2.45, 2.75) is 12.8 Å². The summed E-state index contributed by atoms with van der Waals surface area (Å²) in [5, 5.41) is 18.0. The van der Waals surface area contributed by atoms with Gasteiger partial charge in [-0.15, -0.1) is 0 Å². The molecule has 2 N–H and O–H groups in total. The average Bonchev–Trinajstić information content (AvgIpc) is 2.64. The van der Waals surface area contributed by atoms with Crippen LogP contribution in [0.1, 0.15) is 12.8 Å². The first kappa shape index (κ1) is 8.27. The highest BCUT2D eigenvalue weighted by Crippen LogP contribution is 2.48. The zero-order valence-corrected chi connectivity index (χ0v) is 7.19. The van der Waals surface area contributed by atoms with E-state index in [1.807, 2.05) is 0 Å². The Morgan fingerprint density at radius 3 is 2.33 bits per heavy atom. The number of aliphatic hydroxyl groups excluding tert-OH is 2. The van der Waals surface area contributed by atoms with E-state index in [1.165, 1.54) is 6.42 Å². The van der Waals surface area contributed by atoms with Gasteiger partial charge in [-0.1, -0.05) is 12.2 Å². The van der Waals surface area contributed by atoms with Crippen molar-refractivity contribution in [1.82, 2.24) is 0 Å². The molecular weight excluding hydrogens is 152 g/mol. The zero-order valence-electron chi connectivity index (χ0n) is 7.19. The summed E-state index contributed by atoms with van der Waals surface area (Å²) in [4.78, 5) is 0. The van der Waals surface area contributed by atoms with Gasteiger partial charge in [-0.05, 0) is 36.5 Å². The van der Waals surface area contributed by atoms with Gasteiger partial charge < -0.3 is 10.2 Å². The van der Waals surface area contributed by atoms with Crippen LogP contribution in [0.2, 0.25) is 0 Å². The summed E-state index contributed by atoms with van der Waals surface area (Å²) in [6.07, 6.45) is 6.56. The van der Waals surface area contributed by atoms with E-state index in [-0.39, 0.29) is 13.2 Å².